The molecule has 0 aliphatic rings. The Kier molecular flexibility index (Phi) is 9.03. The number of nitrogens with one attached hydrogen (secondary N) is 2. The number of anilines is 2. The number of aromatic nitrogens is 3. The van der Waals surface area contributed by atoms with Crippen LogP contribution < -0.4 is 30.8 Å². The molecule has 0 radical (unpaired) electrons. The molecular formula is C26H27N7O4S. The van der Waals surface area contributed by atoms with Crippen molar-refractivity contribution in [3.63, 3.8) is 0 Å². The van der Waals surface area contributed by atoms with E-state index in [0.29, 0.717) is 34.7 Å². The van der Waals surface area contributed by atoms with Gasteiger partial charge in [0.2, 0.25) is 11.1 Å². The topological polar surface area (TPSA) is 138 Å². The van der Waals surface area contributed by atoms with Gasteiger partial charge in [0.1, 0.15) is 23.9 Å². The molecule has 196 valence electrons. The van der Waals surface area contributed by atoms with Crippen molar-refractivity contribution in [2.75, 3.05) is 36.6 Å². The number of methoxy groups -OCH3 is 2. The summed E-state index contributed by atoms with van der Waals surface area (Å²) in [4.78, 5) is 12.5. The van der Waals surface area contributed by atoms with Crippen molar-refractivity contribution >= 4 is 35.5 Å². The van der Waals surface area contributed by atoms with E-state index < -0.39 is 0 Å². The van der Waals surface area contributed by atoms with Gasteiger partial charge in [0.25, 0.3) is 5.95 Å². The maximum Gasteiger partial charge on any atom is 0.264 e. The van der Waals surface area contributed by atoms with Gasteiger partial charge >= 0.3 is 0 Å². The van der Waals surface area contributed by atoms with Crippen molar-refractivity contribution in [1.82, 2.24) is 14.9 Å². The minimum atomic E-state index is -0.274. The van der Waals surface area contributed by atoms with Crippen molar-refractivity contribution in [3.05, 3.63) is 83.9 Å². The summed E-state index contributed by atoms with van der Waals surface area (Å²) < 4.78 is 17.7. The van der Waals surface area contributed by atoms with Crippen LogP contribution in [0.25, 0.3) is 0 Å². The van der Waals surface area contributed by atoms with Crippen LogP contribution in [0.3, 0.4) is 0 Å². The second-order valence-electron chi connectivity index (χ2n) is 7.76. The van der Waals surface area contributed by atoms with Crippen LogP contribution in [0.15, 0.2) is 83.1 Å². The van der Waals surface area contributed by atoms with E-state index in [1.54, 1.807) is 31.5 Å². The lowest BCUT2D eigenvalue weighted by molar-refractivity contribution is -0.113. The van der Waals surface area contributed by atoms with Gasteiger partial charge in [0.15, 0.2) is 0 Å². The normalized spacial score (nSPS) is 10.8. The molecule has 0 saturated heterocycles. The number of nitrogens with two attached hydrogens (primary N) is 1. The maximum atomic E-state index is 12.5. The predicted octanol–water partition coefficient (Wildman–Crippen LogP) is 3.76. The third kappa shape index (κ3) is 6.95. The molecule has 1 aromatic heterocycles. The lowest BCUT2D eigenvalue weighted by Gasteiger charge is -2.11. The highest BCUT2D eigenvalue weighted by molar-refractivity contribution is 7.99. The zero-order valence-corrected chi connectivity index (χ0v) is 21.6. The Morgan fingerprint density at radius 1 is 1.03 bits per heavy atom. The van der Waals surface area contributed by atoms with Crippen LogP contribution in [0.2, 0.25) is 0 Å². The second kappa shape index (κ2) is 13.0. The molecule has 0 aliphatic heterocycles. The number of nitrogen functional groups attached to an aromatic ring is 1. The second-order valence-corrected chi connectivity index (χ2v) is 8.70. The third-order valence-corrected chi connectivity index (χ3v) is 6.15. The number of thioether (sulfide) groups is 1. The molecule has 0 bridgehead atoms. The number of amides is 1. The Labute approximate surface area is 224 Å². The highest BCUT2D eigenvalue weighted by atomic mass is 32.2. The number of nitrogens with zero attached hydrogens (tertiary/aromatic N) is 4. The van der Waals surface area contributed by atoms with Crippen molar-refractivity contribution in [3.8, 4) is 17.2 Å². The van der Waals surface area contributed by atoms with Crippen LogP contribution >= 0.6 is 11.8 Å². The first-order valence-corrected chi connectivity index (χ1v) is 12.5. The molecule has 1 amide bonds. The molecule has 4 aromatic rings. The highest BCUT2D eigenvalue weighted by Gasteiger charge is 2.14. The molecular weight excluding hydrogens is 506 g/mol. The van der Waals surface area contributed by atoms with Crippen LogP contribution in [-0.2, 0) is 11.4 Å². The zero-order chi connectivity index (χ0) is 26.7. The van der Waals surface area contributed by atoms with Gasteiger partial charge in [0, 0.05) is 11.6 Å². The molecule has 4 rings (SSSR count). The highest BCUT2D eigenvalue weighted by Crippen LogP contribution is 2.29. The molecule has 0 saturated carbocycles. The Balaban J connectivity index is 1.32. The number of carbonyl (C=O) groups excluding carboxylic acids is 1. The van der Waals surface area contributed by atoms with Crippen LogP contribution in [-0.4, -0.2) is 47.0 Å². The quantitative estimate of drug-likeness (QED) is 0.108. The number of benzene rings is 3. The molecule has 0 aliphatic carbocycles. The van der Waals surface area contributed by atoms with Crippen LogP contribution in [0.4, 0.5) is 11.6 Å². The minimum absolute atomic E-state index is 0.0467. The van der Waals surface area contributed by atoms with Gasteiger partial charge in [-0.25, -0.2) is 10.1 Å². The summed E-state index contributed by atoms with van der Waals surface area (Å²) in [5.41, 5.74) is 5.11. The molecule has 38 heavy (non-hydrogen) atoms. The smallest absolute Gasteiger partial charge is 0.264 e. The summed E-state index contributed by atoms with van der Waals surface area (Å²) in [5, 5.41) is 15.4. The first kappa shape index (κ1) is 26.4. The van der Waals surface area contributed by atoms with Gasteiger partial charge in [-0.05, 0) is 29.8 Å². The van der Waals surface area contributed by atoms with Crippen molar-refractivity contribution < 1.29 is 19.0 Å². The van der Waals surface area contributed by atoms with E-state index in [0.717, 1.165) is 22.9 Å². The summed E-state index contributed by atoms with van der Waals surface area (Å²) in [5.74, 6) is 7.87. The number of carbonyl (C=O) groups is 1. The van der Waals surface area contributed by atoms with Gasteiger partial charge in [-0.1, -0.05) is 54.2 Å². The van der Waals surface area contributed by atoms with E-state index in [1.807, 2.05) is 54.6 Å². The first-order valence-electron chi connectivity index (χ1n) is 11.5. The van der Waals surface area contributed by atoms with E-state index in [9.17, 15) is 4.79 Å². The van der Waals surface area contributed by atoms with Crippen LogP contribution in [0.5, 0.6) is 17.2 Å². The molecule has 11 nitrogen and oxygen atoms in total. The van der Waals surface area contributed by atoms with Gasteiger partial charge in [-0.2, -0.15) is 5.10 Å². The third-order valence-electron chi connectivity index (χ3n) is 5.20. The molecule has 0 atom stereocenters. The number of hydrogen-bond donors (Lipinski definition) is 3. The van der Waals surface area contributed by atoms with Gasteiger partial charge in [-0.3, -0.25) is 4.79 Å². The van der Waals surface area contributed by atoms with E-state index in [1.165, 1.54) is 11.8 Å². The first-order chi connectivity index (χ1) is 18.6. The Bertz CT molecular complexity index is 1400. The number of rotatable bonds is 12. The van der Waals surface area contributed by atoms with Gasteiger partial charge in [-0.15, -0.1) is 10.2 Å². The lowest BCUT2D eigenvalue weighted by atomic mass is 10.2. The van der Waals surface area contributed by atoms with Crippen LogP contribution in [0.1, 0.15) is 11.1 Å². The molecule has 0 unspecified atom stereocenters. The van der Waals surface area contributed by atoms with Crippen molar-refractivity contribution in [1.29, 1.82) is 0 Å². The van der Waals surface area contributed by atoms with E-state index >= 15 is 0 Å². The average Bonchev–Trinajstić information content (AvgIpc) is 3.30. The lowest BCUT2D eigenvalue weighted by Crippen LogP contribution is -2.17. The SMILES string of the molecule is COc1ccc(OC)c(NC(=O)CSc2nnc(N/N=C/c3ccccc3OCc3ccccc3)n2N)c1. The van der Waals surface area contributed by atoms with Crippen LogP contribution in [0, 0.1) is 0 Å². The van der Waals surface area contributed by atoms with Crippen molar-refractivity contribution in [2.24, 2.45) is 5.10 Å². The standard InChI is InChI=1S/C26H27N7O4S/c1-35-20-12-13-23(36-2)21(14-20)29-24(34)17-38-26-32-31-25(33(26)27)30-28-15-19-10-6-7-11-22(19)37-16-18-8-4-3-5-9-18/h3-15H,16-17,27H2,1-2H3,(H,29,34)(H,30,31)/b28-15+. The summed E-state index contributed by atoms with van der Waals surface area (Å²) in [6, 6.07) is 22.6. The summed E-state index contributed by atoms with van der Waals surface area (Å²) in [6.07, 6.45) is 1.61. The maximum absolute atomic E-state index is 12.5. The summed E-state index contributed by atoms with van der Waals surface area (Å²) in [6.45, 7) is 0.439. The number of ether oxygens (including phenoxy) is 3. The Hall–Kier alpha value is -4.71. The summed E-state index contributed by atoms with van der Waals surface area (Å²) in [7, 11) is 3.07. The number of hydrogen-bond acceptors (Lipinski definition) is 10. The number of para-hydroxylation sites is 1. The van der Waals surface area contributed by atoms with E-state index in [4.69, 9.17) is 20.1 Å². The van der Waals surface area contributed by atoms with E-state index in [-0.39, 0.29) is 17.6 Å². The van der Waals surface area contributed by atoms with Gasteiger partial charge in [0.05, 0.1) is 31.9 Å². The van der Waals surface area contributed by atoms with E-state index in [2.05, 4.69) is 26.0 Å². The average molecular weight is 534 g/mol. The van der Waals surface area contributed by atoms with Gasteiger partial charge < -0.3 is 25.4 Å². The summed E-state index contributed by atoms with van der Waals surface area (Å²) >= 11 is 1.12. The number of hydrazone groups is 1. The minimum Gasteiger partial charge on any atom is -0.497 e. The molecule has 4 N–H and O–H groups in total. The monoisotopic (exact) mass is 533 g/mol. The predicted molar refractivity (Wildman–Crippen MR) is 148 cm³/mol. The Morgan fingerprint density at radius 3 is 2.61 bits per heavy atom. The largest absolute Gasteiger partial charge is 0.497 e. The fraction of sp³-hybridized carbons (Fsp3) is 0.154. The zero-order valence-electron chi connectivity index (χ0n) is 20.8. The molecule has 3 aromatic carbocycles. The molecule has 0 spiro atoms. The van der Waals surface area contributed by atoms with Crippen molar-refractivity contribution in [2.45, 2.75) is 11.8 Å². The Morgan fingerprint density at radius 2 is 1.82 bits per heavy atom. The fourth-order valence-corrected chi connectivity index (χ4v) is 3.95. The molecule has 12 heteroatoms. The molecule has 0 fully saturated rings. The molecule has 1 heterocycles. The fourth-order valence-electron chi connectivity index (χ4n) is 3.29.